The zero-order valence-corrected chi connectivity index (χ0v) is 12.3. The van der Waals surface area contributed by atoms with Crippen LogP contribution in [0.3, 0.4) is 0 Å². The Morgan fingerprint density at radius 1 is 1.29 bits per heavy atom. The molecule has 3 atom stereocenters. The predicted octanol–water partition coefficient (Wildman–Crippen LogP) is 1.77. The summed E-state index contributed by atoms with van der Waals surface area (Å²) in [7, 11) is 0. The maximum absolute atomic E-state index is 12.5. The highest BCUT2D eigenvalue weighted by molar-refractivity contribution is 5.82. The van der Waals surface area contributed by atoms with Crippen LogP contribution in [0, 0.1) is 0 Å². The van der Waals surface area contributed by atoms with Crippen molar-refractivity contribution < 1.29 is 23.1 Å². The van der Waals surface area contributed by atoms with Crippen molar-refractivity contribution in [2.75, 3.05) is 19.6 Å². The van der Waals surface area contributed by atoms with Gasteiger partial charge in [-0.2, -0.15) is 13.2 Å². The number of hydrogen-bond acceptors (Lipinski definition) is 3. The van der Waals surface area contributed by atoms with Gasteiger partial charge in [0, 0.05) is 12.6 Å². The van der Waals surface area contributed by atoms with Crippen LogP contribution in [-0.2, 0) is 4.79 Å². The van der Waals surface area contributed by atoms with E-state index in [0.717, 1.165) is 24.3 Å². The van der Waals surface area contributed by atoms with Crippen molar-refractivity contribution in [3.63, 3.8) is 0 Å². The maximum Gasteiger partial charge on any atom is 0.406 e. The van der Waals surface area contributed by atoms with E-state index in [1.54, 1.807) is 6.92 Å². The minimum atomic E-state index is -4.35. The number of rotatable bonds is 4. The summed E-state index contributed by atoms with van der Waals surface area (Å²) < 4.78 is 37.6. The van der Waals surface area contributed by atoms with Crippen molar-refractivity contribution in [1.82, 2.24) is 9.80 Å². The third kappa shape index (κ3) is 4.32. The summed E-state index contributed by atoms with van der Waals surface area (Å²) in [5.41, 5.74) is 0. The molecule has 0 radical (unpaired) electrons. The Kier molecular flexibility index (Phi) is 5.14. The highest BCUT2D eigenvalue weighted by Crippen LogP contribution is 2.29. The Balaban J connectivity index is 2.03. The fraction of sp³-hybridized carbons (Fsp3) is 0.929. The lowest BCUT2D eigenvalue weighted by molar-refractivity contribution is -0.168. The van der Waals surface area contributed by atoms with Crippen molar-refractivity contribution in [2.24, 2.45) is 0 Å². The van der Waals surface area contributed by atoms with E-state index in [9.17, 15) is 23.1 Å². The van der Waals surface area contributed by atoms with Crippen molar-refractivity contribution in [1.29, 1.82) is 0 Å². The number of carbonyl (C=O) groups is 1. The normalized spacial score (nSPS) is 30.0. The Bertz CT molecular complexity index is 374. The first-order valence-corrected chi connectivity index (χ1v) is 7.57. The number of halogens is 3. The Morgan fingerprint density at radius 3 is 2.57 bits per heavy atom. The molecule has 21 heavy (non-hydrogen) atoms. The Labute approximate surface area is 122 Å². The molecule has 0 spiro atoms. The molecule has 0 aliphatic carbocycles. The van der Waals surface area contributed by atoms with Gasteiger partial charge in [-0.1, -0.05) is 0 Å². The summed E-state index contributed by atoms with van der Waals surface area (Å²) in [5.74, 6) is -0.406. The highest BCUT2D eigenvalue weighted by atomic mass is 19.4. The van der Waals surface area contributed by atoms with E-state index in [1.165, 1.54) is 0 Å². The first-order valence-electron chi connectivity index (χ1n) is 7.57. The van der Waals surface area contributed by atoms with Gasteiger partial charge in [0.15, 0.2) is 0 Å². The summed E-state index contributed by atoms with van der Waals surface area (Å²) in [4.78, 5) is 15.3. The van der Waals surface area contributed by atoms with Gasteiger partial charge in [-0.15, -0.1) is 0 Å². The van der Waals surface area contributed by atoms with Gasteiger partial charge >= 0.3 is 6.18 Å². The average molecular weight is 308 g/mol. The van der Waals surface area contributed by atoms with Gasteiger partial charge in [0.25, 0.3) is 0 Å². The van der Waals surface area contributed by atoms with E-state index >= 15 is 0 Å². The molecule has 2 rings (SSSR count). The molecular formula is C14H23F3N2O2. The minimum absolute atomic E-state index is 0.102. The number of carbonyl (C=O) groups excluding carboxylic acids is 1. The van der Waals surface area contributed by atoms with Crippen molar-refractivity contribution in [3.05, 3.63) is 0 Å². The number of likely N-dealkylation sites (tertiary alicyclic amines) is 2. The summed E-state index contributed by atoms with van der Waals surface area (Å²) in [6.07, 6.45) is -1.19. The topological polar surface area (TPSA) is 43.8 Å². The fourth-order valence-corrected chi connectivity index (χ4v) is 3.52. The number of hydrogen-bond donors (Lipinski definition) is 1. The van der Waals surface area contributed by atoms with E-state index in [1.807, 2.05) is 4.90 Å². The van der Waals surface area contributed by atoms with Gasteiger partial charge in [-0.3, -0.25) is 9.69 Å². The molecule has 0 saturated carbocycles. The van der Waals surface area contributed by atoms with Crippen LogP contribution in [0.5, 0.6) is 0 Å². The number of aliphatic hydroxyl groups is 1. The monoisotopic (exact) mass is 308 g/mol. The molecule has 2 fully saturated rings. The van der Waals surface area contributed by atoms with Crippen LogP contribution in [0.25, 0.3) is 0 Å². The molecular weight excluding hydrogens is 285 g/mol. The molecule has 4 nitrogen and oxygen atoms in total. The molecule has 0 aromatic rings. The number of nitrogens with zero attached hydrogens (tertiary/aromatic N) is 2. The van der Waals surface area contributed by atoms with Crippen LogP contribution >= 0.6 is 0 Å². The quantitative estimate of drug-likeness (QED) is 0.861. The lowest BCUT2D eigenvalue weighted by Crippen LogP contribution is -2.55. The third-order valence-corrected chi connectivity index (χ3v) is 4.31. The molecule has 2 aliphatic heterocycles. The molecule has 0 aromatic heterocycles. The molecule has 1 N–H and O–H groups in total. The lowest BCUT2D eigenvalue weighted by atomic mass is 10.00. The molecule has 2 saturated heterocycles. The zero-order valence-electron chi connectivity index (χ0n) is 12.3. The Morgan fingerprint density at radius 2 is 1.95 bits per heavy atom. The number of alkyl halides is 3. The van der Waals surface area contributed by atoms with E-state index in [2.05, 4.69) is 0 Å². The summed E-state index contributed by atoms with van der Waals surface area (Å²) in [5, 5.41) is 9.53. The van der Waals surface area contributed by atoms with Crippen LogP contribution in [0.4, 0.5) is 13.2 Å². The van der Waals surface area contributed by atoms with Gasteiger partial charge in [-0.25, -0.2) is 0 Å². The van der Waals surface area contributed by atoms with E-state index in [-0.39, 0.29) is 12.6 Å². The van der Waals surface area contributed by atoms with Crippen molar-refractivity contribution in [3.8, 4) is 0 Å². The maximum atomic E-state index is 12.5. The molecule has 2 aliphatic rings. The highest BCUT2D eigenvalue weighted by Gasteiger charge is 2.42. The van der Waals surface area contributed by atoms with Gasteiger partial charge < -0.3 is 10.0 Å². The van der Waals surface area contributed by atoms with Crippen LogP contribution < -0.4 is 0 Å². The zero-order chi connectivity index (χ0) is 15.6. The van der Waals surface area contributed by atoms with Crippen LogP contribution in [0.1, 0.15) is 39.0 Å². The summed E-state index contributed by atoms with van der Waals surface area (Å²) in [6.45, 7) is 1.46. The third-order valence-electron chi connectivity index (χ3n) is 4.31. The van der Waals surface area contributed by atoms with E-state index in [4.69, 9.17) is 0 Å². The SMILES string of the molecule is CC(O)CC1CCCN1C1CCCN(CC(F)(F)F)C1=O. The number of aliphatic hydroxyl groups excluding tert-OH is 1. The van der Waals surface area contributed by atoms with Crippen LogP contribution in [-0.4, -0.2) is 64.8 Å². The number of piperidine rings is 1. The molecule has 1 amide bonds. The first-order chi connectivity index (χ1) is 9.78. The molecule has 2 heterocycles. The fourth-order valence-electron chi connectivity index (χ4n) is 3.52. The molecule has 3 unspecified atom stereocenters. The smallest absolute Gasteiger partial charge is 0.393 e. The van der Waals surface area contributed by atoms with Crippen LogP contribution in [0.2, 0.25) is 0 Å². The molecule has 122 valence electrons. The van der Waals surface area contributed by atoms with Crippen LogP contribution in [0.15, 0.2) is 0 Å². The molecule has 0 bridgehead atoms. The molecule has 0 aromatic carbocycles. The second-order valence-corrected chi connectivity index (χ2v) is 6.15. The van der Waals surface area contributed by atoms with Crippen molar-refractivity contribution in [2.45, 2.75) is 63.4 Å². The minimum Gasteiger partial charge on any atom is -0.393 e. The van der Waals surface area contributed by atoms with Crippen molar-refractivity contribution >= 4 is 5.91 Å². The van der Waals surface area contributed by atoms with E-state index in [0.29, 0.717) is 19.3 Å². The summed E-state index contributed by atoms with van der Waals surface area (Å²) >= 11 is 0. The first kappa shape index (κ1) is 16.5. The molecule has 7 heteroatoms. The van der Waals surface area contributed by atoms with Gasteiger partial charge in [0.05, 0.1) is 12.1 Å². The number of amides is 1. The average Bonchev–Trinajstić information content (AvgIpc) is 2.77. The van der Waals surface area contributed by atoms with E-state index < -0.39 is 30.8 Å². The summed E-state index contributed by atoms with van der Waals surface area (Å²) in [6, 6.07) is -0.350. The predicted molar refractivity (Wildman–Crippen MR) is 71.7 cm³/mol. The van der Waals surface area contributed by atoms with Gasteiger partial charge in [0.2, 0.25) is 5.91 Å². The standard InChI is InChI=1S/C14H23F3N2O2/c1-10(20)8-11-4-2-7-19(11)12-5-3-6-18(13(12)21)9-14(15,16)17/h10-12,20H,2-9H2,1H3. The second-order valence-electron chi connectivity index (χ2n) is 6.15. The van der Waals surface area contributed by atoms with Gasteiger partial charge in [-0.05, 0) is 45.6 Å². The second kappa shape index (κ2) is 6.52. The lowest BCUT2D eigenvalue weighted by Gasteiger charge is -2.39. The largest absolute Gasteiger partial charge is 0.406 e. The van der Waals surface area contributed by atoms with Gasteiger partial charge in [0.1, 0.15) is 6.54 Å². The Hall–Kier alpha value is -0.820.